The van der Waals surface area contributed by atoms with E-state index in [4.69, 9.17) is 5.73 Å². The van der Waals surface area contributed by atoms with E-state index >= 15 is 0 Å². The zero-order valence-electron chi connectivity index (χ0n) is 27.2. The van der Waals surface area contributed by atoms with E-state index in [1.54, 1.807) is 6.07 Å². The van der Waals surface area contributed by atoms with Gasteiger partial charge in [0.05, 0.1) is 32.0 Å². The molecule has 2 amide bonds. The summed E-state index contributed by atoms with van der Waals surface area (Å²) in [6.07, 6.45) is -12.6. The van der Waals surface area contributed by atoms with Gasteiger partial charge in [0.15, 0.2) is 0 Å². The summed E-state index contributed by atoms with van der Waals surface area (Å²) in [7, 11) is -4.24. The number of amides is 2. The highest BCUT2D eigenvalue weighted by molar-refractivity contribution is 7.91. The molecular formula is C35H28F6N2O8S. The number of rotatable bonds is 9. The van der Waals surface area contributed by atoms with Gasteiger partial charge in [0.1, 0.15) is 0 Å². The van der Waals surface area contributed by atoms with Gasteiger partial charge >= 0.3 is 24.3 Å². The van der Waals surface area contributed by atoms with Crippen LogP contribution >= 0.6 is 0 Å². The Balaban J connectivity index is 1.89. The molecule has 0 unspecified atom stereocenters. The Bertz CT molecular complexity index is 2210. The summed E-state index contributed by atoms with van der Waals surface area (Å²) < 4.78 is 117. The van der Waals surface area contributed by atoms with Crippen molar-refractivity contribution in [3.05, 3.63) is 124 Å². The van der Waals surface area contributed by atoms with E-state index in [-0.39, 0.29) is 39.7 Å². The van der Waals surface area contributed by atoms with E-state index in [0.29, 0.717) is 17.7 Å². The lowest BCUT2D eigenvalue weighted by atomic mass is 9.71. The second kappa shape index (κ2) is 13.4. The van der Waals surface area contributed by atoms with Gasteiger partial charge < -0.3 is 21.3 Å². The zero-order chi connectivity index (χ0) is 39.2. The first-order chi connectivity index (χ1) is 23.8. The first-order valence-electron chi connectivity index (χ1n) is 14.8. The van der Waals surface area contributed by atoms with Crippen molar-refractivity contribution in [1.29, 1.82) is 0 Å². The van der Waals surface area contributed by atoms with Gasteiger partial charge in [-0.05, 0) is 76.7 Å². The van der Waals surface area contributed by atoms with Crippen molar-refractivity contribution in [2.45, 2.75) is 53.7 Å². The van der Waals surface area contributed by atoms with Crippen LogP contribution in [0.5, 0.6) is 0 Å². The van der Waals surface area contributed by atoms with Crippen molar-refractivity contribution >= 4 is 39.3 Å². The summed E-state index contributed by atoms with van der Waals surface area (Å²) >= 11 is 0. The van der Waals surface area contributed by atoms with E-state index in [1.165, 1.54) is 30.3 Å². The van der Waals surface area contributed by atoms with Gasteiger partial charge in [-0.25, -0.2) is 18.0 Å². The van der Waals surface area contributed by atoms with Gasteiger partial charge in [-0.15, -0.1) is 0 Å². The molecule has 0 aliphatic carbocycles. The molecule has 4 rings (SSSR count). The Kier molecular flexibility index (Phi) is 10.1. The number of carboxylic acids is 2. The Morgan fingerprint density at radius 1 is 0.615 bits per heavy atom. The summed E-state index contributed by atoms with van der Waals surface area (Å²) in [6.45, 7) is 5.57. The minimum atomic E-state index is -6.31. The molecular weight excluding hydrogens is 722 g/mol. The molecule has 4 aromatic carbocycles. The van der Waals surface area contributed by atoms with E-state index < -0.39 is 90.2 Å². The van der Waals surface area contributed by atoms with E-state index in [9.17, 15) is 64.2 Å². The van der Waals surface area contributed by atoms with Crippen LogP contribution in [0, 0.1) is 0 Å². The maximum atomic E-state index is 14.9. The Morgan fingerprint density at radius 3 is 1.54 bits per heavy atom. The average molecular weight is 751 g/mol. The van der Waals surface area contributed by atoms with Crippen molar-refractivity contribution < 1.29 is 64.2 Å². The van der Waals surface area contributed by atoms with Crippen LogP contribution in [0.2, 0.25) is 0 Å². The van der Waals surface area contributed by atoms with Gasteiger partial charge in [0.25, 0.3) is 5.91 Å². The Labute approximate surface area is 291 Å². The second-order valence-electron chi connectivity index (χ2n) is 12.5. The molecule has 0 spiro atoms. The number of carbonyl (C=O) groups excluding carboxylic acids is 2. The number of sulfone groups is 1. The molecule has 4 aromatic rings. The number of aromatic carboxylic acids is 2. The molecule has 17 heteroatoms. The fourth-order valence-electron chi connectivity index (χ4n) is 5.51. The predicted molar refractivity (Wildman–Crippen MR) is 173 cm³/mol. The number of halogens is 6. The molecule has 10 nitrogen and oxygen atoms in total. The van der Waals surface area contributed by atoms with Crippen LogP contribution in [0.15, 0.2) is 94.7 Å². The van der Waals surface area contributed by atoms with Gasteiger partial charge in [-0.3, -0.25) is 9.59 Å². The summed E-state index contributed by atoms with van der Waals surface area (Å²) in [5.74, 6) is -6.99. The van der Waals surface area contributed by atoms with E-state index in [2.05, 4.69) is 5.32 Å². The molecule has 0 bridgehead atoms. The Hall–Kier alpha value is -5.71. The maximum absolute atomic E-state index is 14.9. The van der Waals surface area contributed by atoms with Crippen molar-refractivity contribution in [1.82, 2.24) is 0 Å². The van der Waals surface area contributed by atoms with Crippen LogP contribution < -0.4 is 11.1 Å². The average Bonchev–Trinajstić information content (AvgIpc) is 3.03. The molecule has 274 valence electrons. The molecule has 0 aromatic heterocycles. The fourth-order valence-corrected chi connectivity index (χ4v) is 6.86. The molecule has 0 saturated heterocycles. The van der Waals surface area contributed by atoms with E-state index in [0.717, 1.165) is 12.1 Å². The lowest BCUT2D eigenvalue weighted by Gasteiger charge is -2.38. The van der Waals surface area contributed by atoms with Gasteiger partial charge in [-0.2, -0.15) is 26.3 Å². The summed E-state index contributed by atoms with van der Waals surface area (Å²) in [5.41, 5.74) is -7.89. The SMILES string of the molecule is CC(C)(C)c1cccc(S(=O)(=O)c2cccc(NC(=O)c3cc(C(c4ccc(C(=O)O)c(C(N)=O)c4)(C(F)(F)F)C(F)(F)F)ccc3C(=O)O)c2)c1. The highest BCUT2D eigenvalue weighted by Gasteiger charge is 2.72. The van der Waals surface area contributed by atoms with Crippen LogP contribution in [0.1, 0.15) is 78.9 Å². The van der Waals surface area contributed by atoms with Crippen molar-refractivity contribution in [3.8, 4) is 0 Å². The third-order valence-electron chi connectivity index (χ3n) is 8.14. The highest BCUT2D eigenvalue weighted by atomic mass is 32.2. The summed E-state index contributed by atoms with van der Waals surface area (Å²) in [4.78, 5) is 48.5. The molecule has 0 radical (unpaired) electrons. The van der Waals surface area contributed by atoms with Gasteiger partial charge in [0, 0.05) is 5.69 Å². The topological polar surface area (TPSA) is 181 Å². The molecule has 0 fully saturated rings. The summed E-state index contributed by atoms with van der Waals surface area (Å²) in [5, 5.41) is 21.2. The maximum Gasteiger partial charge on any atom is 0.411 e. The number of hydrogen-bond acceptors (Lipinski definition) is 6. The number of primary amides is 1. The number of carbonyl (C=O) groups is 4. The predicted octanol–water partition coefficient (Wildman–Crippen LogP) is 6.98. The van der Waals surface area contributed by atoms with E-state index in [1.807, 2.05) is 20.8 Å². The minimum absolute atomic E-state index is 0.0146. The third kappa shape index (κ3) is 7.08. The standard InChI is InChI=1S/C35H28F6N2O8S/c1-32(2,3)18-6-4-8-22(14-18)52(50,51)23-9-5-7-21(17-23)43-29(45)27-16-20(11-13-25(27)31(48)49)33(34(36,37)38,35(39,40)41)19-10-12-24(30(46)47)26(15-19)28(42)44/h4-17H,1-3H3,(H2,42,44)(H,43,45)(H,46,47)(H,48,49). The monoisotopic (exact) mass is 750 g/mol. The van der Waals surface area contributed by atoms with Crippen LogP contribution in [-0.4, -0.2) is 54.7 Å². The number of alkyl halides is 6. The molecule has 0 atom stereocenters. The zero-order valence-corrected chi connectivity index (χ0v) is 28.0. The van der Waals surface area contributed by atoms with Crippen LogP contribution in [-0.2, 0) is 20.7 Å². The highest BCUT2D eigenvalue weighted by Crippen LogP contribution is 2.56. The molecule has 5 N–H and O–H groups in total. The number of nitrogens with one attached hydrogen (secondary N) is 1. The van der Waals surface area contributed by atoms with Gasteiger partial charge in [-0.1, -0.05) is 51.1 Å². The largest absolute Gasteiger partial charge is 0.478 e. The van der Waals surface area contributed by atoms with Crippen LogP contribution in [0.3, 0.4) is 0 Å². The lowest BCUT2D eigenvalue weighted by molar-refractivity contribution is -0.288. The molecule has 0 aliphatic heterocycles. The fraction of sp³-hybridized carbons (Fsp3) is 0.200. The van der Waals surface area contributed by atoms with Crippen LogP contribution in [0.25, 0.3) is 0 Å². The van der Waals surface area contributed by atoms with Crippen LogP contribution in [0.4, 0.5) is 32.0 Å². The molecule has 52 heavy (non-hydrogen) atoms. The van der Waals surface area contributed by atoms with Crippen molar-refractivity contribution in [3.63, 3.8) is 0 Å². The molecule has 0 saturated carbocycles. The summed E-state index contributed by atoms with van der Waals surface area (Å²) in [6, 6.07) is 11.6. The molecule has 0 heterocycles. The number of carboxylic acid groups (broad SMARTS) is 2. The van der Waals surface area contributed by atoms with Gasteiger partial charge in [0.2, 0.25) is 21.2 Å². The first-order valence-corrected chi connectivity index (χ1v) is 16.3. The number of nitrogens with two attached hydrogens (primary N) is 1. The molecule has 0 aliphatic rings. The Morgan fingerprint density at radius 2 is 1.08 bits per heavy atom. The quantitative estimate of drug-likeness (QED) is 0.132. The van der Waals surface area contributed by atoms with Crippen molar-refractivity contribution in [2.24, 2.45) is 5.73 Å². The number of benzene rings is 4. The van der Waals surface area contributed by atoms with Crippen molar-refractivity contribution in [2.75, 3.05) is 5.32 Å². The smallest absolute Gasteiger partial charge is 0.411 e. The second-order valence-corrected chi connectivity index (χ2v) is 14.5. The number of hydrogen-bond donors (Lipinski definition) is 4. The lowest BCUT2D eigenvalue weighted by Crippen LogP contribution is -2.55. The third-order valence-corrected chi connectivity index (χ3v) is 9.89. The normalized spacial score (nSPS) is 12.6. The first kappa shape index (κ1) is 39.1. The number of anilines is 1. The minimum Gasteiger partial charge on any atom is -0.478 e.